The summed E-state index contributed by atoms with van der Waals surface area (Å²) in [7, 11) is 1.68. The number of thiazole rings is 1. The number of aliphatic carboxylic acids is 1. The third-order valence-electron chi connectivity index (χ3n) is 3.01. The van der Waals surface area contributed by atoms with Crippen LogP contribution in [0.1, 0.15) is 23.5 Å². The number of rotatable bonds is 4. The molecule has 7 heteroatoms. The lowest BCUT2D eigenvalue weighted by Crippen LogP contribution is -2.36. The SMILES string of the molecule is Cc1nc(CN(C)C(=O)[C@@H]2CC[C@H](C(=O)O)O2)cs1. The van der Waals surface area contributed by atoms with Crippen molar-refractivity contribution >= 4 is 23.2 Å². The van der Waals surface area contributed by atoms with Gasteiger partial charge in [0.25, 0.3) is 5.91 Å². The quantitative estimate of drug-likeness (QED) is 0.893. The minimum Gasteiger partial charge on any atom is -0.479 e. The lowest BCUT2D eigenvalue weighted by atomic mass is 10.2. The molecule has 0 saturated carbocycles. The summed E-state index contributed by atoms with van der Waals surface area (Å²) >= 11 is 1.54. The van der Waals surface area contributed by atoms with Crippen LogP contribution in [0.25, 0.3) is 0 Å². The van der Waals surface area contributed by atoms with Gasteiger partial charge in [-0.15, -0.1) is 11.3 Å². The van der Waals surface area contributed by atoms with E-state index in [0.717, 1.165) is 10.7 Å². The zero-order valence-electron chi connectivity index (χ0n) is 10.8. The van der Waals surface area contributed by atoms with E-state index in [9.17, 15) is 9.59 Å². The predicted octanol–water partition coefficient (Wildman–Crippen LogP) is 1.04. The Morgan fingerprint density at radius 2 is 2.21 bits per heavy atom. The second-order valence-corrected chi connectivity index (χ2v) is 5.64. The number of ether oxygens (including phenoxy) is 1. The summed E-state index contributed by atoms with van der Waals surface area (Å²) in [4.78, 5) is 28.7. The van der Waals surface area contributed by atoms with Crippen molar-refractivity contribution in [1.82, 2.24) is 9.88 Å². The maximum atomic E-state index is 12.1. The molecule has 0 bridgehead atoms. The summed E-state index contributed by atoms with van der Waals surface area (Å²) in [5.41, 5.74) is 0.839. The molecule has 2 rings (SSSR count). The molecule has 0 radical (unpaired) electrons. The van der Waals surface area contributed by atoms with Crippen LogP contribution in [0, 0.1) is 6.92 Å². The molecule has 19 heavy (non-hydrogen) atoms. The number of likely N-dealkylation sites (N-methyl/N-ethyl adjacent to an activating group) is 1. The van der Waals surface area contributed by atoms with Crippen LogP contribution in [-0.2, 0) is 20.9 Å². The van der Waals surface area contributed by atoms with Crippen molar-refractivity contribution in [3.05, 3.63) is 16.1 Å². The molecule has 1 N–H and O–H groups in total. The van der Waals surface area contributed by atoms with Gasteiger partial charge in [0.1, 0.15) is 6.10 Å². The van der Waals surface area contributed by atoms with Crippen LogP contribution in [0.2, 0.25) is 0 Å². The Bertz CT molecular complexity index is 488. The number of hydrogen-bond acceptors (Lipinski definition) is 5. The number of hydrogen-bond donors (Lipinski definition) is 1. The molecular weight excluding hydrogens is 268 g/mol. The molecule has 1 amide bonds. The lowest BCUT2D eigenvalue weighted by molar-refractivity contribution is -0.154. The van der Waals surface area contributed by atoms with E-state index in [1.54, 1.807) is 7.05 Å². The molecule has 1 aromatic rings. The first-order chi connectivity index (χ1) is 8.97. The summed E-state index contributed by atoms with van der Waals surface area (Å²) in [5, 5.41) is 11.7. The van der Waals surface area contributed by atoms with Crippen molar-refractivity contribution in [2.75, 3.05) is 7.05 Å². The Kier molecular flexibility index (Phi) is 4.16. The van der Waals surface area contributed by atoms with Crippen molar-refractivity contribution in [2.24, 2.45) is 0 Å². The van der Waals surface area contributed by atoms with Gasteiger partial charge in [-0.1, -0.05) is 0 Å². The average Bonchev–Trinajstić information content (AvgIpc) is 2.97. The summed E-state index contributed by atoms with van der Waals surface area (Å²) in [6.07, 6.45) is -0.666. The minimum absolute atomic E-state index is 0.186. The highest BCUT2D eigenvalue weighted by Crippen LogP contribution is 2.22. The van der Waals surface area contributed by atoms with Crippen molar-refractivity contribution in [2.45, 2.75) is 38.5 Å². The standard InChI is InChI=1S/C12H16N2O4S/c1-7-13-8(6-19-7)5-14(2)11(15)9-3-4-10(18-9)12(16)17/h6,9-10H,3-5H2,1-2H3,(H,16,17)/t9-,10+/m0/s1. The molecule has 0 aliphatic carbocycles. The van der Waals surface area contributed by atoms with Gasteiger partial charge in [0.2, 0.25) is 0 Å². The first-order valence-corrected chi connectivity index (χ1v) is 6.89. The van der Waals surface area contributed by atoms with Crippen LogP contribution in [0.3, 0.4) is 0 Å². The van der Waals surface area contributed by atoms with Gasteiger partial charge in [0, 0.05) is 12.4 Å². The summed E-state index contributed by atoms with van der Waals surface area (Å²) < 4.78 is 5.24. The van der Waals surface area contributed by atoms with Crippen LogP contribution < -0.4 is 0 Å². The fraction of sp³-hybridized carbons (Fsp3) is 0.583. The number of amides is 1. The molecule has 104 valence electrons. The first kappa shape index (κ1) is 14.0. The Morgan fingerprint density at radius 1 is 1.53 bits per heavy atom. The third-order valence-corrected chi connectivity index (χ3v) is 3.83. The third kappa shape index (κ3) is 3.30. The van der Waals surface area contributed by atoms with E-state index in [2.05, 4.69) is 4.98 Å². The normalized spacial score (nSPS) is 22.4. The molecule has 1 aromatic heterocycles. The second kappa shape index (κ2) is 5.66. The molecule has 1 fully saturated rings. The van der Waals surface area contributed by atoms with E-state index in [1.807, 2.05) is 12.3 Å². The fourth-order valence-corrected chi connectivity index (χ4v) is 2.65. The number of carboxylic acid groups (broad SMARTS) is 1. The van der Waals surface area contributed by atoms with E-state index in [0.29, 0.717) is 19.4 Å². The number of carbonyl (C=O) groups excluding carboxylic acids is 1. The van der Waals surface area contributed by atoms with Crippen LogP contribution in [-0.4, -0.2) is 46.1 Å². The highest BCUT2D eigenvalue weighted by Gasteiger charge is 2.36. The van der Waals surface area contributed by atoms with Crippen molar-refractivity contribution in [3.63, 3.8) is 0 Å². The smallest absolute Gasteiger partial charge is 0.332 e. The topological polar surface area (TPSA) is 79.7 Å². The van der Waals surface area contributed by atoms with Crippen molar-refractivity contribution in [3.8, 4) is 0 Å². The molecule has 0 unspecified atom stereocenters. The van der Waals surface area contributed by atoms with E-state index in [1.165, 1.54) is 16.2 Å². The second-order valence-electron chi connectivity index (χ2n) is 4.58. The Morgan fingerprint density at radius 3 is 2.74 bits per heavy atom. The maximum absolute atomic E-state index is 12.1. The Balaban J connectivity index is 1.91. The van der Waals surface area contributed by atoms with Gasteiger partial charge in [-0.2, -0.15) is 0 Å². The van der Waals surface area contributed by atoms with E-state index in [4.69, 9.17) is 9.84 Å². The zero-order chi connectivity index (χ0) is 14.0. The van der Waals surface area contributed by atoms with Crippen molar-refractivity contribution in [1.29, 1.82) is 0 Å². The molecule has 0 spiro atoms. The van der Waals surface area contributed by atoms with E-state index in [-0.39, 0.29) is 5.91 Å². The molecule has 6 nitrogen and oxygen atoms in total. The number of nitrogens with zero attached hydrogens (tertiary/aromatic N) is 2. The highest BCUT2D eigenvalue weighted by molar-refractivity contribution is 7.09. The largest absolute Gasteiger partial charge is 0.479 e. The maximum Gasteiger partial charge on any atom is 0.332 e. The highest BCUT2D eigenvalue weighted by atomic mass is 32.1. The molecule has 1 saturated heterocycles. The van der Waals surface area contributed by atoms with Gasteiger partial charge in [-0.05, 0) is 19.8 Å². The van der Waals surface area contributed by atoms with Crippen molar-refractivity contribution < 1.29 is 19.4 Å². The molecule has 0 aromatic carbocycles. The van der Waals surface area contributed by atoms with Gasteiger partial charge in [0.05, 0.1) is 17.2 Å². The van der Waals surface area contributed by atoms with Gasteiger partial charge >= 0.3 is 5.97 Å². The van der Waals surface area contributed by atoms with E-state index < -0.39 is 18.2 Å². The van der Waals surface area contributed by atoms with Gasteiger partial charge < -0.3 is 14.7 Å². The monoisotopic (exact) mass is 284 g/mol. The number of carbonyl (C=O) groups is 2. The Labute approximate surface area is 115 Å². The van der Waals surface area contributed by atoms with Crippen LogP contribution in [0.4, 0.5) is 0 Å². The van der Waals surface area contributed by atoms with Gasteiger partial charge in [0.15, 0.2) is 6.10 Å². The molecular formula is C12H16N2O4S. The lowest BCUT2D eigenvalue weighted by Gasteiger charge is -2.20. The van der Waals surface area contributed by atoms with Gasteiger partial charge in [-0.3, -0.25) is 4.79 Å². The summed E-state index contributed by atoms with van der Waals surface area (Å²) in [5.74, 6) is -1.19. The Hall–Kier alpha value is -1.47. The van der Waals surface area contributed by atoms with Crippen LogP contribution in [0.5, 0.6) is 0 Å². The minimum atomic E-state index is -1.01. The first-order valence-electron chi connectivity index (χ1n) is 6.01. The fourth-order valence-electron chi connectivity index (χ4n) is 2.05. The van der Waals surface area contributed by atoms with Crippen LogP contribution >= 0.6 is 11.3 Å². The zero-order valence-corrected chi connectivity index (χ0v) is 11.6. The summed E-state index contributed by atoms with van der Waals surface area (Å²) in [6.45, 7) is 2.33. The molecule has 2 heterocycles. The van der Waals surface area contributed by atoms with Gasteiger partial charge in [-0.25, -0.2) is 9.78 Å². The van der Waals surface area contributed by atoms with E-state index >= 15 is 0 Å². The number of carboxylic acids is 1. The molecule has 1 aliphatic rings. The molecule has 2 atom stereocenters. The average molecular weight is 284 g/mol. The molecule has 1 aliphatic heterocycles. The summed E-state index contributed by atoms with van der Waals surface area (Å²) in [6, 6.07) is 0. The predicted molar refractivity (Wildman–Crippen MR) is 68.9 cm³/mol. The number of aryl methyl sites for hydroxylation is 1. The van der Waals surface area contributed by atoms with Crippen LogP contribution in [0.15, 0.2) is 5.38 Å². The number of aromatic nitrogens is 1.